The van der Waals surface area contributed by atoms with Crippen LogP contribution in [0.5, 0.6) is 0 Å². The van der Waals surface area contributed by atoms with Gasteiger partial charge in [0.05, 0.1) is 0 Å². The van der Waals surface area contributed by atoms with Gasteiger partial charge in [-0.1, -0.05) is 26.2 Å². The van der Waals surface area contributed by atoms with Crippen LogP contribution < -0.4 is 0 Å². The molecule has 0 rings (SSSR count). The van der Waals surface area contributed by atoms with Crippen molar-refractivity contribution in [3.63, 3.8) is 0 Å². The predicted molar refractivity (Wildman–Crippen MR) is 46.4 cm³/mol. The van der Waals surface area contributed by atoms with E-state index in [1.807, 2.05) is 0 Å². The number of rotatable bonds is 2. The molecule has 0 aromatic rings. The Kier molecular flexibility index (Phi) is 4.19. The lowest BCUT2D eigenvalue weighted by Crippen LogP contribution is -2.06. The molecule has 0 bridgehead atoms. The van der Waals surface area contributed by atoms with Crippen molar-refractivity contribution in [1.29, 1.82) is 0 Å². The van der Waals surface area contributed by atoms with E-state index in [0.717, 1.165) is 19.3 Å². The van der Waals surface area contributed by atoms with Crippen LogP contribution in [-0.2, 0) is 0 Å². The Labute approximate surface area is 65.0 Å². The SMILES string of the molecule is [CH2]CCC(C)(C)C#CCC. The van der Waals surface area contributed by atoms with Crippen LogP contribution in [0.4, 0.5) is 0 Å². The molecule has 0 heteroatoms. The molecule has 0 nitrogen and oxygen atoms in total. The van der Waals surface area contributed by atoms with E-state index in [0.29, 0.717) is 0 Å². The van der Waals surface area contributed by atoms with Gasteiger partial charge in [-0.2, -0.15) is 0 Å². The number of hydrogen-bond acceptors (Lipinski definition) is 0. The molecule has 0 saturated carbocycles. The first-order valence-corrected chi connectivity index (χ1v) is 3.91. The molecule has 1 radical (unpaired) electrons. The summed E-state index contributed by atoms with van der Waals surface area (Å²) < 4.78 is 0. The fourth-order valence-electron chi connectivity index (χ4n) is 0.832. The maximum absolute atomic E-state index is 3.81. The van der Waals surface area contributed by atoms with Crippen molar-refractivity contribution in [2.75, 3.05) is 0 Å². The molecule has 0 N–H and O–H groups in total. The minimum atomic E-state index is 0.178. The van der Waals surface area contributed by atoms with Gasteiger partial charge in [-0.25, -0.2) is 0 Å². The largest absolute Gasteiger partial charge is 0.103 e. The summed E-state index contributed by atoms with van der Waals surface area (Å²) in [5.41, 5.74) is 0.178. The third-order valence-corrected chi connectivity index (χ3v) is 1.41. The van der Waals surface area contributed by atoms with Crippen molar-refractivity contribution in [3.05, 3.63) is 6.92 Å². The lowest BCUT2D eigenvalue weighted by molar-refractivity contribution is 0.462. The summed E-state index contributed by atoms with van der Waals surface area (Å²) in [4.78, 5) is 0. The smallest absolute Gasteiger partial charge is 0.0258 e. The Bertz CT molecular complexity index is 132. The van der Waals surface area contributed by atoms with Crippen molar-refractivity contribution in [1.82, 2.24) is 0 Å². The second-order valence-corrected chi connectivity index (χ2v) is 3.14. The molecular weight excluding hydrogens is 120 g/mol. The van der Waals surface area contributed by atoms with E-state index in [2.05, 4.69) is 39.5 Å². The normalized spacial score (nSPS) is 10.4. The predicted octanol–water partition coefficient (Wildman–Crippen LogP) is 3.04. The monoisotopic (exact) mass is 137 g/mol. The summed E-state index contributed by atoms with van der Waals surface area (Å²) in [6, 6.07) is 0. The zero-order valence-electron chi connectivity index (χ0n) is 7.33. The van der Waals surface area contributed by atoms with Gasteiger partial charge in [0.2, 0.25) is 0 Å². The Hall–Kier alpha value is -0.440. The first kappa shape index (κ1) is 9.56. The molecule has 0 fully saturated rings. The molecule has 0 aliphatic rings. The highest BCUT2D eigenvalue weighted by Crippen LogP contribution is 2.20. The van der Waals surface area contributed by atoms with Crippen LogP contribution in [0.2, 0.25) is 0 Å². The molecule has 57 valence electrons. The molecule has 0 heterocycles. The van der Waals surface area contributed by atoms with E-state index in [1.54, 1.807) is 0 Å². The van der Waals surface area contributed by atoms with Crippen LogP contribution in [-0.4, -0.2) is 0 Å². The highest BCUT2D eigenvalue weighted by Gasteiger charge is 2.11. The maximum Gasteiger partial charge on any atom is 0.0258 e. The van der Waals surface area contributed by atoms with Gasteiger partial charge in [-0.3, -0.25) is 0 Å². The van der Waals surface area contributed by atoms with Crippen LogP contribution in [0.15, 0.2) is 0 Å². The van der Waals surface area contributed by atoms with E-state index in [4.69, 9.17) is 0 Å². The lowest BCUT2D eigenvalue weighted by atomic mass is 9.89. The van der Waals surface area contributed by atoms with Gasteiger partial charge in [0.15, 0.2) is 0 Å². The molecule has 0 aliphatic carbocycles. The summed E-state index contributed by atoms with van der Waals surface area (Å²) in [6.07, 6.45) is 3.03. The van der Waals surface area contributed by atoms with Gasteiger partial charge in [0.25, 0.3) is 0 Å². The fraction of sp³-hybridized carbons (Fsp3) is 0.700. The van der Waals surface area contributed by atoms with Gasteiger partial charge >= 0.3 is 0 Å². The van der Waals surface area contributed by atoms with Crippen LogP contribution >= 0.6 is 0 Å². The van der Waals surface area contributed by atoms with Crippen LogP contribution in [0.25, 0.3) is 0 Å². The van der Waals surface area contributed by atoms with Gasteiger partial charge < -0.3 is 0 Å². The van der Waals surface area contributed by atoms with Crippen molar-refractivity contribution < 1.29 is 0 Å². The Morgan fingerprint density at radius 3 is 2.40 bits per heavy atom. The molecular formula is C10H17. The second kappa shape index (κ2) is 4.39. The van der Waals surface area contributed by atoms with E-state index in [-0.39, 0.29) is 5.41 Å². The van der Waals surface area contributed by atoms with Crippen LogP contribution in [0, 0.1) is 24.2 Å². The third kappa shape index (κ3) is 4.44. The molecule has 0 aromatic carbocycles. The van der Waals surface area contributed by atoms with Gasteiger partial charge in [-0.15, -0.1) is 5.92 Å². The summed E-state index contributed by atoms with van der Waals surface area (Å²) in [7, 11) is 0. The minimum absolute atomic E-state index is 0.178. The topological polar surface area (TPSA) is 0 Å². The average molecular weight is 137 g/mol. The fourth-order valence-corrected chi connectivity index (χ4v) is 0.832. The summed E-state index contributed by atoms with van der Waals surface area (Å²) in [5, 5.41) is 0. The van der Waals surface area contributed by atoms with Gasteiger partial charge in [0, 0.05) is 11.8 Å². The highest BCUT2D eigenvalue weighted by atomic mass is 14.1. The molecule has 0 saturated heterocycles. The van der Waals surface area contributed by atoms with E-state index >= 15 is 0 Å². The molecule has 0 aromatic heterocycles. The highest BCUT2D eigenvalue weighted by molar-refractivity contribution is 5.08. The standard InChI is InChI=1S/C10H17/c1-5-7-9-10(3,4)8-6-2/h2,5-6,8H2,1,3-4H3. The summed E-state index contributed by atoms with van der Waals surface area (Å²) >= 11 is 0. The first-order chi connectivity index (χ1) is 4.62. The second-order valence-electron chi connectivity index (χ2n) is 3.14. The zero-order valence-corrected chi connectivity index (χ0v) is 7.33. The molecule has 10 heavy (non-hydrogen) atoms. The van der Waals surface area contributed by atoms with E-state index in [9.17, 15) is 0 Å². The van der Waals surface area contributed by atoms with Crippen molar-refractivity contribution in [2.45, 2.75) is 40.0 Å². The Morgan fingerprint density at radius 2 is 2.00 bits per heavy atom. The third-order valence-electron chi connectivity index (χ3n) is 1.41. The Balaban J connectivity index is 3.85. The molecule has 0 spiro atoms. The molecule has 0 unspecified atom stereocenters. The summed E-state index contributed by atoms with van der Waals surface area (Å²) in [5.74, 6) is 6.32. The van der Waals surface area contributed by atoms with E-state index in [1.165, 1.54) is 0 Å². The average Bonchev–Trinajstić information content (AvgIpc) is 1.84. The Morgan fingerprint density at radius 1 is 1.40 bits per heavy atom. The van der Waals surface area contributed by atoms with Crippen molar-refractivity contribution >= 4 is 0 Å². The van der Waals surface area contributed by atoms with Crippen molar-refractivity contribution in [3.8, 4) is 11.8 Å². The minimum Gasteiger partial charge on any atom is -0.103 e. The molecule has 0 amide bonds. The van der Waals surface area contributed by atoms with Gasteiger partial charge in [-0.05, 0) is 20.3 Å². The molecule has 0 atom stereocenters. The summed E-state index contributed by atoms with van der Waals surface area (Å²) in [6.45, 7) is 10.2. The first-order valence-electron chi connectivity index (χ1n) is 3.91. The zero-order chi connectivity index (χ0) is 8.04. The van der Waals surface area contributed by atoms with Gasteiger partial charge in [0.1, 0.15) is 0 Å². The molecule has 0 aliphatic heterocycles. The quantitative estimate of drug-likeness (QED) is 0.513. The number of hydrogen-bond donors (Lipinski definition) is 0. The van der Waals surface area contributed by atoms with E-state index < -0.39 is 0 Å². The van der Waals surface area contributed by atoms with Crippen LogP contribution in [0.3, 0.4) is 0 Å². The maximum atomic E-state index is 3.81. The lowest BCUT2D eigenvalue weighted by Gasteiger charge is -2.15. The van der Waals surface area contributed by atoms with Crippen molar-refractivity contribution in [2.24, 2.45) is 5.41 Å². The van der Waals surface area contributed by atoms with Crippen LogP contribution in [0.1, 0.15) is 40.0 Å².